The van der Waals surface area contributed by atoms with Gasteiger partial charge in [-0.3, -0.25) is 5.43 Å². The Kier molecular flexibility index (Phi) is 9.50. The number of ether oxygens (including phenoxy) is 1. The molecule has 17 heavy (non-hydrogen) atoms. The maximum atomic E-state index is 5.28. The molecule has 0 aromatic heterocycles. The molecule has 1 aliphatic rings. The Morgan fingerprint density at radius 1 is 1.06 bits per heavy atom. The molecule has 5 heteroatoms. The molecule has 0 atom stereocenters. The van der Waals surface area contributed by atoms with Crippen LogP contribution in [0.25, 0.3) is 0 Å². The van der Waals surface area contributed by atoms with Crippen molar-refractivity contribution in [1.29, 1.82) is 0 Å². The predicted octanol–water partition coefficient (Wildman–Crippen LogP) is 1.91. The molecule has 0 unspecified atom stereocenters. The third-order valence-electron chi connectivity index (χ3n) is 2.60. The molecule has 1 fully saturated rings. The number of hydrogen-bond donors (Lipinski definition) is 1. The Morgan fingerprint density at radius 2 is 1.71 bits per heavy atom. The van der Waals surface area contributed by atoms with E-state index < -0.39 is 0 Å². The Balaban J connectivity index is 0.00000128. The van der Waals surface area contributed by atoms with Crippen molar-refractivity contribution in [2.45, 2.75) is 6.42 Å². The third kappa shape index (κ3) is 6.24. The molecule has 0 amide bonds. The summed E-state index contributed by atoms with van der Waals surface area (Å²) in [5, 5.41) is 2.24. The summed E-state index contributed by atoms with van der Waals surface area (Å²) >= 11 is 0. The summed E-state index contributed by atoms with van der Waals surface area (Å²) in [5.74, 6) is 0. The van der Waals surface area contributed by atoms with E-state index in [1.165, 1.54) is 5.56 Å². The number of hydrogen-bond acceptors (Lipinski definition) is 3. The molecule has 1 saturated heterocycles. The van der Waals surface area contributed by atoms with Gasteiger partial charge in [-0.15, -0.1) is 24.8 Å². The van der Waals surface area contributed by atoms with E-state index in [2.05, 4.69) is 40.8 Å². The van der Waals surface area contributed by atoms with Crippen LogP contribution < -0.4 is 5.43 Å². The van der Waals surface area contributed by atoms with Crippen molar-refractivity contribution in [3.63, 3.8) is 0 Å². The third-order valence-corrected chi connectivity index (χ3v) is 2.60. The first kappa shape index (κ1) is 16.7. The van der Waals surface area contributed by atoms with Crippen molar-refractivity contribution in [2.75, 3.05) is 32.8 Å². The molecule has 0 radical (unpaired) electrons. The summed E-state index contributed by atoms with van der Waals surface area (Å²) in [6.45, 7) is 4.68. The molecule has 3 nitrogen and oxygen atoms in total. The number of nitrogens with zero attached hydrogens (tertiary/aromatic N) is 1. The number of nitrogens with one attached hydrogen (secondary N) is 1. The molecule has 0 spiro atoms. The topological polar surface area (TPSA) is 24.5 Å². The molecule has 0 aliphatic carbocycles. The first-order valence-corrected chi connectivity index (χ1v) is 5.55. The fourth-order valence-electron chi connectivity index (χ4n) is 1.72. The normalized spacial score (nSPS) is 15.8. The van der Waals surface area contributed by atoms with Gasteiger partial charge in [-0.25, -0.2) is 5.01 Å². The zero-order valence-electron chi connectivity index (χ0n) is 9.80. The van der Waals surface area contributed by atoms with Gasteiger partial charge in [0.2, 0.25) is 0 Å². The quantitative estimate of drug-likeness (QED) is 0.911. The lowest BCUT2D eigenvalue weighted by Crippen LogP contribution is -2.46. The van der Waals surface area contributed by atoms with Crippen LogP contribution in [0.4, 0.5) is 0 Å². The first-order chi connectivity index (χ1) is 7.45. The Labute approximate surface area is 115 Å². The van der Waals surface area contributed by atoms with Crippen molar-refractivity contribution >= 4 is 24.8 Å². The van der Waals surface area contributed by atoms with Gasteiger partial charge in [0, 0.05) is 19.6 Å². The zero-order valence-corrected chi connectivity index (χ0v) is 11.4. The van der Waals surface area contributed by atoms with Gasteiger partial charge in [0.05, 0.1) is 13.2 Å². The number of rotatable bonds is 4. The summed E-state index contributed by atoms with van der Waals surface area (Å²) in [5.41, 5.74) is 4.81. The summed E-state index contributed by atoms with van der Waals surface area (Å²) < 4.78 is 5.28. The average molecular weight is 279 g/mol. The minimum absolute atomic E-state index is 0. The maximum absolute atomic E-state index is 5.28. The minimum atomic E-state index is 0. The van der Waals surface area contributed by atoms with Crippen LogP contribution in [0, 0.1) is 0 Å². The van der Waals surface area contributed by atoms with Gasteiger partial charge in [0.25, 0.3) is 0 Å². The second kappa shape index (κ2) is 9.68. The van der Waals surface area contributed by atoms with Crippen molar-refractivity contribution in [3.8, 4) is 0 Å². The monoisotopic (exact) mass is 278 g/mol. The van der Waals surface area contributed by atoms with Crippen LogP contribution in [0.5, 0.6) is 0 Å². The smallest absolute Gasteiger partial charge is 0.0608 e. The Bertz CT molecular complexity index is 279. The molecule has 1 aromatic carbocycles. The summed E-state index contributed by atoms with van der Waals surface area (Å²) in [4.78, 5) is 0. The summed E-state index contributed by atoms with van der Waals surface area (Å²) in [6.07, 6.45) is 1.08. The highest BCUT2D eigenvalue weighted by Gasteiger charge is 2.08. The van der Waals surface area contributed by atoms with Crippen LogP contribution in [0.1, 0.15) is 5.56 Å². The molecule has 2 rings (SSSR count). The van der Waals surface area contributed by atoms with Gasteiger partial charge in [0.15, 0.2) is 0 Å². The second-order valence-corrected chi connectivity index (χ2v) is 3.74. The van der Waals surface area contributed by atoms with Crippen LogP contribution >= 0.6 is 24.8 Å². The number of hydrazine groups is 1. The first-order valence-electron chi connectivity index (χ1n) is 5.55. The lowest BCUT2D eigenvalue weighted by Gasteiger charge is -2.27. The maximum Gasteiger partial charge on any atom is 0.0608 e. The van der Waals surface area contributed by atoms with E-state index in [-0.39, 0.29) is 24.8 Å². The average Bonchev–Trinajstić information content (AvgIpc) is 2.32. The molecule has 1 aromatic rings. The van der Waals surface area contributed by atoms with Gasteiger partial charge in [-0.05, 0) is 12.0 Å². The van der Waals surface area contributed by atoms with Crippen molar-refractivity contribution < 1.29 is 4.74 Å². The fourth-order valence-corrected chi connectivity index (χ4v) is 1.72. The molecular weight excluding hydrogens is 259 g/mol. The van der Waals surface area contributed by atoms with Crippen LogP contribution in [-0.4, -0.2) is 37.9 Å². The van der Waals surface area contributed by atoms with E-state index in [1.54, 1.807) is 0 Å². The molecule has 98 valence electrons. The van der Waals surface area contributed by atoms with Crippen LogP contribution in [0.15, 0.2) is 30.3 Å². The standard InChI is InChI=1S/C12H18N2O.2ClH/c1-2-4-12(5-3-1)6-7-13-14-8-10-15-11-9-14;;/h1-5,13H,6-11H2;2*1H. The van der Waals surface area contributed by atoms with E-state index >= 15 is 0 Å². The Morgan fingerprint density at radius 3 is 2.35 bits per heavy atom. The summed E-state index contributed by atoms with van der Waals surface area (Å²) in [7, 11) is 0. The van der Waals surface area contributed by atoms with Crippen molar-refractivity contribution in [1.82, 2.24) is 10.4 Å². The van der Waals surface area contributed by atoms with Gasteiger partial charge < -0.3 is 4.74 Å². The number of halogens is 2. The van der Waals surface area contributed by atoms with Crippen LogP contribution in [-0.2, 0) is 11.2 Å². The molecule has 1 aliphatic heterocycles. The number of benzene rings is 1. The lowest BCUT2D eigenvalue weighted by molar-refractivity contribution is 0.0123. The molecule has 1 N–H and O–H groups in total. The van der Waals surface area contributed by atoms with Crippen LogP contribution in [0.2, 0.25) is 0 Å². The van der Waals surface area contributed by atoms with E-state index in [0.717, 1.165) is 39.3 Å². The zero-order chi connectivity index (χ0) is 10.3. The molecule has 0 bridgehead atoms. The second-order valence-electron chi connectivity index (χ2n) is 3.74. The van der Waals surface area contributed by atoms with Gasteiger partial charge in [0.1, 0.15) is 0 Å². The van der Waals surface area contributed by atoms with E-state index in [0.29, 0.717) is 0 Å². The van der Waals surface area contributed by atoms with Crippen molar-refractivity contribution in [2.24, 2.45) is 0 Å². The van der Waals surface area contributed by atoms with E-state index in [1.807, 2.05) is 0 Å². The highest BCUT2D eigenvalue weighted by atomic mass is 35.5. The Hall–Kier alpha value is -0.320. The van der Waals surface area contributed by atoms with Gasteiger partial charge in [-0.2, -0.15) is 0 Å². The fraction of sp³-hybridized carbons (Fsp3) is 0.500. The number of morpholine rings is 1. The van der Waals surface area contributed by atoms with Crippen LogP contribution in [0.3, 0.4) is 0 Å². The van der Waals surface area contributed by atoms with Crippen molar-refractivity contribution in [3.05, 3.63) is 35.9 Å². The highest BCUT2D eigenvalue weighted by molar-refractivity contribution is 5.85. The summed E-state index contributed by atoms with van der Waals surface area (Å²) in [6, 6.07) is 10.6. The minimum Gasteiger partial charge on any atom is -0.379 e. The SMILES string of the molecule is Cl.Cl.c1ccc(CCNN2CCOCC2)cc1. The molecular formula is C12H20Cl2N2O. The largest absolute Gasteiger partial charge is 0.379 e. The van der Waals surface area contributed by atoms with Gasteiger partial charge in [-0.1, -0.05) is 30.3 Å². The lowest BCUT2D eigenvalue weighted by atomic mass is 10.2. The highest BCUT2D eigenvalue weighted by Crippen LogP contribution is 1.99. The van der Waals surface area contributed by atoms with Gasteiger partial charge >= 0.3 is 0 Å². The van der Waals surface area contributed by atoms with E-state index in [9.17, 15) is 0 Å². The predicted molar refractivity (Wildman–Crippen MR) is 75.0 cm³/mol. The molecule has 1 heterocycles. The molecule has 0 saturated carbocycles. The van der Waals surface area contributed by atoms with E-state index in [4.69, 9.17) is 4.74 Å².